The Hall–Kier alpha value is -2.85. The molecule has 3 rings (SSSR count). The summed E-state index contributed by atoms with van der Waals surface area (Å²) in [5.41, 5.74) is -0.312. The second-order valence-corrected chi connectivity index (χ2v) is 6.22. The van der Waals surface area contributed by atoms with E-state index in [4.69, 9.17) is 0 Å². The molecule has 0 radical (unpaired) electrons. The number of alkyl halides is 3. The molecule has 0 bridgehead atoms. The Morgan fingerprint density at radius 2 is 1.76 bits per heavy atom. The maximum atomic E-state index is 13.5. The number of para-hydroxylation sites is 1. The Bertz CT molecular complexity index is 920. The number of halogens is 3. The van der Waals surface area contributed by atoms with Crippen molar-refractivity contribution >= 4 is 27.1 Å². The fraction of sp³-hybridized carbons (Fsp3) is 0.111. The summed E-state index contributed by atoms with van der Waals surface area (Å²) in [6.45, 7) is -0.0360. The minimum atomic E-state index is -4.68. The molecule has 0 saturated heterocycles. The number of aromatic nitrogens is 1. The van der Waals surface area contributed by atoms with Crippen molar-refractivity contribution in [3.8, 4) is 6.07 Å². The normalized spacial score (nSPS) is 12.6. The van der Waals surface area contributed by atoms with E-state index in [0.717, 1.165) is 16.0 Å². The molecule has 2 aromatic carbocycles. The lowest BCUT2D eigenvalue weighted by atomic mass is 10.2. The zero-order valence-electron chi connectivity index (χ0n) is 12.8. The van der Waals surface area contributed by atoms with Gasteiger partial charge in [0.15, 0.2) is 0 Å². The molecular formula is C18H12F3N3S. The highest BCUT2D eigenvalue weighted by molar-refractivity contribution is 7.19. The van der Waals surface area contributed by atoms with Gasteiger partial charge in [-0.2, -0.15) is 18.4 Å². The van der Waals surface area contributed by atoms with Gasteiger partial charge in [-0.3, -0.25) is 0 Å². The summed E-state index contributed by atoms with van der Waals surface area (Å²) < 4.78 is 41.3. The van der Waals surface area contributed by atoms with Crippen molar-refractivity contribution in [2.45, 2.75) is 12.7 Å². The first-order valence-electron chi connectivity index (χ1n) is 7.34. The van der Waals surface area contributed by atoms with Gasteiger partial charge < -0.3 is 5.32 Å². The summed E-state index contributed by atoms with van der Waals surface area (Å²) in [5, 5.41) is 11.8. The van der Waals surface area contributed by atoms with Gasteiger partial charge in [0, 0.05) is 6.54 Å². The van der Waals surface area contributed by atoms with Crippen LogP contribution in [0, 0.1) is 11.3 Å². The van der Waals surface area contributed by atoms with E-state index in [1.807, 2.05) is 0 Å². The summed E-state index contributed by atoms with van der Waals surface area (Å²) in [5.74, 6) is 0. The second-order valence-electron chi connectivity index (χ2n) is 5.19. The van der Waals surface area contributed by atoms with Crippen LogP contribution in [0.5, 0.6) is 0 Å². The molecule has 1 aromatic heterocycles. The van der Waals surface area contributed by atoms with Crippen LogP contribution in [0.2, 0.25) is 0 Å². The predicted octanol–water partition coefficient (Wildman–Crippen LogP) is 4.88. The van der Waals surface area contributed by atoms with Gasteiger partial charge >= 0.3 is 6.18 Å². The molecule has 3 aromatic rings. The zero-order chi connectivity index (χ0) is 17.9. The van der Waals surface area contributed by atoms with Gasteiger partial charge in [0.2, 0.25) is 0 Å². The molecule has 0 spiro atoms. The topological polar surface area (TPSA) is 48.7 Å². The molecular weight excluding hydrogens is 347 g/mol. The van der Waals surface area contributed by atoms with Crippen LogP contribution in [-0.2, 0) is 6.54 Å². The molecule has 0 aliphatic carbocycles. The quantitative estimate of drug-likeness (QED) is 0.675. The lowest BCUT2D eigenvalue weighted by Gasteiger charge is -2.15. The van der Waals surface area contributed by atoms with Crippen LogP contribution in [0.4, 0.5) is 13.2 Å². The molecule has 25 heavy (non-hydrogen) atoms. The molecule has 0 saturated carbocycles. The zero-order valence-corrected chi connectivity index (χ0v) is 13.7. The molecule has 0 fully saturated rings. The lowest BCUT2D eigenvalue weighted by molar-refractivity contribution is -0.0961. The molecule has 1 N–H and O–H groups in total. The van der Waals surface area contributed by atoms with E-state index in [9.17, 15) is 18.4 Å². The Morgan fingerprint density at radius 3 is 2.40 bits per heavy atom. The van der Waals surface area contributed by atoms with Crippen molar-refractivity contribution in [3.05, 3.63) is 70.9 Å². The van der Waals surface area contributed by atoms with Crippen molar-refractivity contribution in [2.75, 3.05) is 0 Å². The van der Waals surface area contributed by atoms with E-state index >= 15 is 0 Å². The highest BCUT2D eigenvalue weighted by Crippen LogP contribution is 2.34. The van der Waals surface area contributed by atoms with Crippen molar-refractivity contribution in [1.29, 1.82) is 5.26 Å². The highest BCUT2D eigenvalue weighted by atomic mass is 32.1. The van der Waals surface area contributed by atoms with Crippen LogP contribution >= 0.6 is 11.3 Å². The van der Waals surface area contributed by atoms with Gasteiger partial charge in [0.05, 0.1) is 10.2 Å². The van der Waals surface area contributed by atoms with Gasteiger partial charge in [-0.25, -0.2) is 4.98 Å². The minimum Gasteiger partial charge on any atom is -0.376 e. The number of hydrogen-bond donors (Lipinski definition) is 1. The van der Waals surface area contributed by atoms with E-state index in [1.54, 1.807) is 60.7 Å². The summed E-state index contributed by atoms with van der Waals surface area (Å²) >= 11 is 1.06. The number of nitrogens with zero attached hydrogens (tertiary/aromatic N) is 2. The minimum absolute atomic E-state index is 0.0360. The number of allylic oxidation sites excluding steroid dienone is 2. The third-order valence-electron chi connectivity index (χ3n) is 3.47. The first kappa shape index (κ1) is 17.0. The fourth-order valence-corrected chi connectivity index (χ4v) is 3.27. The number of fused-ring (bicyclic) bond motifs is 1. The van der Waals surface area contributed by atoms with Crippen molar-refractivity contribution in [1.82, 2.24) is 10.3 Å². The summed E-state index contributed by atoms with van der Waals surface area (Å²) in [4.78, 5) is 4.17. The maximum Gasteiger partial charge on any atom is 0.432 e. The van der Waals surface area contributed by atoms with Crippen molar-refractivity contribution < 1.29 is 13.2 Å². The second kappa shape index (κ2) is 6.95. The van der Waals surface area contributed by atoms with Crippen LogP contribution in [-0.4, -0.2) is 11.2 Å². The molecule has 0 atom stereocenters. The number of benzene rings is 2. The first-order chi connectivity index (χ1) is 12.0. The molecule has 1 heterocycles. The SMILES string of the molecule is N#C/C(=C(\NCc1ccccc1)C(F)(F)F)c1nc2ccccc2s1. The summed E-state index contributed by atoms with van der Waals surface area (Å²) in [7, 11) is 0. The molecule has 7 heteroatoms. The lowest BCUT2D eigenvalue weighted by Crippen LogP contribution is -2.27. The van der Waals surface area contributed by atoms with Crippen LogP contribution in [0.1, 0.15) is 10.6 Å². The van der Waals surface area contributed by atoms with Gasteiger partial charge in [-0.05, 0) is 17.7 Å². The van der Waals surface area contributed by atoms with Gasteiger partial charge in [-0.1, -0.05) is 42.5 Å². The average Bonchev–Trinajstić information content (AvgIpc) is 3.02. The van der Waals surface area contributed by atoms with E-state index in [-0.39, 0.29) is 11.6 Å². The predicted molar refractivity (Wildman–Crippen MR) is 91.5 cm³/mol. The summed E-state index contributed by atoms with van der Waals surface area (Å²) in [6.07, 6.45) is -4.68. The van der Waals surface area contributed by atoms with Crippen LogP contribution in [0.25, 0.3) is 15.8 Å². The third-order valence-corrected chi connectivity index (χ3v) is 4.52. The van der Waals surface area contributed by atoms with Crippen molar-refractivity contribution in [2.24, 2.45) is 0 Å². The number of hydrogen-bond acceptors (Lipinski definition) is 4. The number of nitriles is 1. The Morgan fingerprint density at radius 1 is 1.08 bits per heavy atom. The largest absolute Gasteiger partial charge is 0.432 e. The van der Waals surface area contributed by atoms with Gasteiger partial charge in [-0.15, -0.1) is 11.3 Å². The third kappa shape index (κ3) is 3.80. The molecule has 0 amide bonds. The Balaban J connectivity index is 2.02. The molecule has 0 aliphatic rings. The highest BCUT2D eigenvalue weighted by Gasteiger charge is 2.38. The van der Waals surface area contributed by atoms with E-state index in [1.165, 1.54) is 0 Å². The van der Waals surface area contributed by atoms with Crippen LogP contribution < -0.4 is 5.32 Å². The Kier molecular flexibility index (Phi) is 4.72. The monoisotopic (exact) mass is 359 g/mol. The molecule has 126 valence electrons. The van der Waals surface area contributed by atoms with Crippen LogP contribution in [0.3, 0.4) is 0 Å². The first-order valence-corrected chi connectivity index (χ1v) is 8.16. The smallest absolute Gasteiger partial charge is 0.376 e. The van der Waals surface area contributed by atoms with Crippen LogP contribution in [0.15, 0.2) is 60.3 Å². The fourth-order valence-electron chi connectivity index (χ4n) is 2.31. The molecule has 0 aliphatic heterocycles. The number of thiazole rings is 1. The van der Waals surface area contributed by atoms with Crippen molar-refractivity contribution in [3.63, 3.8) is 0 Å². The number of rotatable bonds is 4. The maximum absolute atomic E-state index is 13.5. The average molecular weight is 359 g/mol. The molecule has 3 nitrogen and oxygen atoms in total. The van der Waals surface area contributed by atoms with Gasteiger partial charge in [0.25, 0.3) is 0 Å². The van der Waals surface area contributed by atoms with E-state index < -0.39 is 17.4 Å². The Labute approximate surface area is 146 Å². The van der Waals surface area contributed by atoms with E-state index in [2.05, 4.69) is 10.3 Å². The summed E-state index contributed by atoms with van der Waals surface area (Å²) in [6, 6.07) is 17.4. The van der Waals surface area contributed by atoms with Gasteiger partial charge in [0.1, 0.15) is 22.3 Å². The standard InChI is InChI=1S/C18H12F3N3S/c19-18(20,21)16(23-11-12-6-2-1-3-7-12)13(10-22)17-24-14-8-4-5-9-15(14)25-17/h1-9,23H,11H2/b16-13+. The van der Waals surface area contributed by atoms with E-state index in [0.29, 0.717) is 11.1 Å². The molecule has 0 unspecified atom stereocenters. The number of nitrogens with one attached hydrogen (secondary N) is 1.